The van der Waals surface area contributed by atoms with Crippen LogP contribution in [0.2, 0.25) is 0 Å². The Bertz CT molecular complexity index is 1190. The molecule has 2 aromatic carbocycles. The summed E-state index contributed by atoms with van der Waals surface area (Å²) in [5.41, 5.74) is 1.34. The van der Waals surface area contributed by atoms with Crippen molar-refractivity contribution in [3.8, 4) is 5.69 Å². The number of benzene rings is 2. The summed E-state index contributed by atoms with van der Waals surface area (Å²) < 4.78 is 6.48. The molecule has 0 spiro atoms. The molecule has 2 heterocycles. The minimum absolute atomic E-state index is 0.0640. The van der Waals surface area contributed by atoms with Crippen LogP contribution in [0.4, 0.5) is 10.6 Å². The lowest BCUT2D eigenvalue weighted by atomic mass is 10.0. The van der Waals surface area contributed by atoms with E-state index in [0.29, 0.717) is 44.3 Å². The van der Waals surface area contributed by atoms with Gasteiger partial charge in [0.15, 0.2) is 0 Å². The van der Waals surface area contributed by atoms with Gasteiger partial charge in [-0.1, -0.05) is 48.5 Å². The second-order valence-electron chi connectivity index (χ2n) is 8.17. The van der Waals surface area contributed by atoms with Crippen molar-refractivity contribution in [3.05, 3.63) is 88.7 Å². The molecule has 9 nitrogen and oxygen atoms in total. The van der Waals surface area contributed by atoms with Crippen molar-refractivity contribution in [1.82, 2.24) is 20.0 Å². The molecule has 4 rings (SSSR count). The Kier molecular flexibility index (Phi) is 7.77. The topological polar surface area (TPSA) is 96.8 Å². The third-order valence-corrected chi connectivity index (χ3v) is 5.85. The van der Waals surface area contributed by atoms with Crippen molar-refractivity contribution < 1.29 is 14.3 Å². The van der Waals surface area contributed by atoms with Gasteiger partial charge >= 0.3 is 12.0 Å². The molecule has 1 aromatic heterocycles. The fourth-order valence-corrected chi connectivity index (χ4v) is 4.03. The van der Waals surface area contributed by atoms with Crippen LogP contribution in [-0.2, 0) is 9.53 Å². The quantitative estimate of drug-likeness (QED) is 0.528. The number of carbonyl (C=O) groups excluding carboxylic acids is 2. The number of piperazine rings is 1. The first-order valence-electron chi connectivity index (χ1n) is 11.7. The van der Waals surface area contributed by atoms with Crippen molar-refractivity contribution in [2.75, 3.05) is 37.7 Å². The van der Waals surface area contributed by atoms with E-state index < -0.39 is 6.04 Å². The SMILES string of the molecule is CCOC(=O)CC(NC(=O)N1CCN(c2ccc(=O)n(-c3ccccc3)n2)CC1)c1ccccc1. The summed E-state index contributed by atoms with van der Waals surface area (Å²) in [7, 11) is 0. The van der Waals surface area contributed by atoms with E-state index in [0.717, 1.165) is 5.56 Å². The number of amides is 2. The van der Waals surface area contributed by atoms with Gasteiger partial charge in [-0.2, -0.15) is 4.68 Å². The monoisotopic (exact) mass is 475 g/mol. The number of hydrogen-bond donors (Lipinski definition) is 1. The van der Waals surface area contributed by atoms with Gasteiger partial charge in [-0.15, -0.1) is 5.10 Å². The maximum absolute atomic E-state index is 13.0. The van der Waals surface area contributed by atoms with Crippen LogP contribution in [0.1, 0.15) is 24.9 Å². The molecule has 1 N–H and O–H groups in total. The zero-order chi connectivity index (χ0) is 24.6. The number of aromatic nitrogens is 2. The summed E-state index contributed by atoms with van der Waals surface area (Å²) in [6.45, 7) is 4.16. The van der Waals surface area contributed by atoms with E-state index in [1.165, 1.54) is 10.7 Å². The minimum Gasteiger partial charge on any atom is -0.466 e. The third kappa shape index (κ3) is 6.06. The summed E-state index contributed by atoms with van der Waals surface area (Å²) in [4.78, 5) is 41.2. The number of urea groups is 1. The van der Waals surface area contributed by atoms with E-state index >= 15 is 0 Å². The number of carbonyl (C=O) groups is 2. The Labute approximate surface area is 203 Å². The lowest BCUT2D eigenvalue weighted by Gasteiger charge is -2.36. The highest BCUT2D eigenvalue weighted by molar-refractivity contribution is 5.77. The van der Waals surface area contributed by atoms with Crippen LogP contribution in [0.3, 0.4) is 0 Å². The number of hydrogen-bond acceptors (Lipinski definition) is 6. The Morgan fingerprint density at radius 3 is 2.26 bits per heavy atom. The van der Waals surface area contributed by atoms with E-state index in [-0.39, 0.29) is 24.0 Å². The lowest BCUT2D eigenvalue weighted by Crippen LogP contribution is -2.52. The molecule has 182 valence electrons. The maximum atomic E-state index is 13.0. The molecule has 0 aliphatic carbocycles. The Morgan fingerprint density at radius 2 is 1.60 bits per heavy atom. The molecule has 3 aromatic rings. The van der Waals surface area contributed by atoms with E-state index in [2.05, 4.69) is 15.3 Å². The van der Waals surface area contributed by atoms with Crippen LogP contribution >= 0.6 is 0 Å². The highest BCUT2D eigenvalue weighted by atomic mass is 16.5. The van der Waals surface area contributed by atoms with E-state index in [1.807, 2.05) is 60.7 Å². The van der Waals surface area contributed by atoms with Crippen LogP contribution < -0.4 is 15.8 Å². The number of para-hydroxylation sites is 1. The smallest absolute Gasteiger partial charge is 0.318 e. The molecule has 9 heteroatoms. The summed E-state index contributed by atoms with van der Waals surface area (Å²) in [6, 6.07) is 21.2. The maximum Gasteiger partial charge on any atom is 0.318 e. The van der Waals surface area contributed by atoms with Crippen molar-refractivity contribution in [2.45, 2.75) is 19.4 Å². The number of ether oxygens (including phenoxy) is 1. The first kappa shape index (κ1) is 24.0. The second-order valence-corrected chi connectivity index (χ2v) is 8.17. The Hall–Kier alpha value is -4.14. The van der Waals surface area contributed by atoms with Gasteiger partial charge in [0, 0.05) is 32.2 Å². The van der Waals surface area contributed by atoms with Gasteiger partial charge in [-0.05, 0) is 30.7 Å². The van der Waals surface area contributed by atoms with Crippen molar-refractivity contribution in [1.29, 1.82) is 0 Å². The van der Waals surface area contributed by atoms with E-state index in [9.17, 15) is 14.4 Å². The van der Waals surface area contributed by atoms with Crippen LogP contribution in [0.5, 0.6) is 0 Å². The molecule has 0 saturated carbocycles. The number of nitrogens with one attached hydrogen (secondary N) is 1. The van der Waals surface area contributed by atoms with Gasteiger partial charge < -0.3 is 19.9 Å². The fourth-order valence-electron chi connectivity index (χ4n) is 4.03. The predicted octanol–water partition coefficient (Wildman–Crippen LogP) is 2.76. The van der Waals surface area contributed by atoms with E-state index in [1.54, 1.807) is 17.9 Å². The molecule has 2 amide bonds. The molecule has 1 atom stereocenters. The Morgan fingerprint density at radius 1 is 0.943 bits per heavy atom. The average molecular weight is 476 g/mol. The normalized spacial score (nSPS) is 14.3. The van der Waals surface area contributed by atoms with Gasteiger partial charge in [0.1, 0.15) is 5.82 Å². The van der Waals surface area contributed by atoms with Crippen LogP contribution in [0.15, 0.2) is 77.6 Å². The second kappa shape index (κ2) is 11.3. The lowest BCUT2D eigenvalue weighted by molar-refractivity contribution is -0.143. The first-order chi connectivity index (χ1) is 17.0. The standard InChI is InChI=1S/C26H29N5O4/c1-2-35-25(33)19-22(20-9-5-3-6-10-20)27-26(34)30-17-15-29(16-18-30)23-13-14-24(32)31(28-23)21-11-7-4-8-12-21/h3-14,22H,2,15-19H2,1H3,(H,27,34). The van der Waals surface area contributed by atoms with Crippen molar-refractivity contribution >= 4 is 17.8 Å². The highest BCUT2D eigenvalue weighted by Gasteiger charge is 2.26. The van der Waals surface area contributed by atoms with E-state index in [4.69, 9.17) is 4.74 Å². The largest absolute Gasteiger partial charge is 0.466 e. The zero-order valence-corrected chi connectivity index (χ0v) is 19.7. The summed E-state index contributed by atoms with van der Waals surface area (Å²) in [5, 5.41) is 7.53. The van der Waals surface area contributed by atoms with Crippen molar-refractivity contribution in [3.63, 3.8) is 0 Å². The molecule has 1 saturated heterocycles. The van der Waals surface area contributed by atoms with Gasteiger partial charge in [-0.25, -0.2) is 4.79 Å². The minimum atomic E-state index is -0.475. The zero-order valence-electron chi connectivity index (χ0n) is 19.7. The molecule has 1 aliphatic rings. The molecular formula is C26H29N5O4. The first-order valence-corrected chi connectivity index (χ1v) is 11.7. The summed E-state index contributed by atoms with van der Waals surface area (Å²) in [6.07, 6.45) is 0.0640. The number of anilines is 1. The van der Waals surface area contributed by atoms with Crippen LogP contribution in [0, 0.1) is 0 Å². The molecule has 0 radical (unpaired) electrons. The highest BCUT2D eigenvalue weighted by Crippen LogP contribution is 2.19. The molecule has 35 heavy (non-hydrogen) atoms. The molecular weight excluding hydrogens is 446 g/mol. The number of rotatable bonds is 7. The number of nitrogens with zero attached hydrogens (tertiary/aromatic N) is 4. The van der Waals surface area contributed by atoms with Crippen LogP contribution in [0.25, 0.3) is 5.69 Å². The van der Waals surface area contributed by atoms with Gasteiger partial charge in [0.25, 0.3) is 5.56 Å². The average Bonchev–Trinajstić information content (AvgIpc) is 2.90. The van der Waals surface area contributed by atoms with Gasteiger partial charge in [0.2, 0.25) is 0 Å². The van der Waals surface area contributed by atoms with Crippen LogP contribution in [-0.4, -0.2) is 59.5 Å². The Balaban J connectivity index is 1.40. The van der Waals surface area contributed by atoms with Crippen molar-refractivity contribution in [2.24, 2.45) is 0 Å². The van der Waals surface area contributed by atoms with Gasteiger partial charge in [0.05, 0.1) is 24.8 Å². The molecule has 1 fully saturated rings. The predicted molar refractivity (Wildman–Crippen MR) is 133 cm³/mol. The molecule has 0 bridgehead atoms. The molecule has 1 unspecified atom stereocenters. The fraction of sp³-hybridized carbons (Fsp3) is 0.308. The third-order valence-electron chi connectivity index (χ3n) is 5.85. The summed E-state index contributed by atoms with van der Waals surface area (Å²) >= 11 is 0. The summed E-state index contributed by atoms with van der Waals surface area (Å²) in [5.74, 6) is 0.323. The number of esters is 1. The molecule has 1 aliphatic heterocycles. The van der Waals surface area contributed by atoms with Gasteiger partial charge in [-0.3, -0.25) is 9.59 Å².